The van der Waals surface area contributed by atoms with Gasteiger partial charge < -0.3 is 9.30 Å². The van der Waals surface area contributed by atoms with Crippen molar-refractivity contribution in [3.8, 4) is 0 Å². The maximum absolute atomic E-state index is 11.5. The molecule has 0 fully saturated rings. The highest BCUT2D eigenvalue weighted by molar-refractivity contribution is 5.80. The molecular weight excluding hydrogens is 192 g/mol. The zero-order valence-corrected chi connectivity index (χ0v) is 9.40. The average molecular weight is 210 g/mol. The number of hydrogen-bond acceptors (Lipinski definition) is 3. The van der Waals surface area contributed by atoms with Crippen LogP contribution < -0.4 is 0 Å². The Balaban J connectivity index is 2.37. The van der Waals surface area contributed by atoms with E-state index in [0.717, 1.165) is 12.4 Å². The molecule has 0 atom stereocenters. The van der Waals surface area contributed by atoms with Gasteiger partial charge in [-0.05, 0) is 13.8 Å². The van der Waals surface area contributed by atoms with Crippen molar-refractivity contribution in [2.75, 3.05) is 13.2 Å². The fourth-order valence-corrected chi connectivity index (χ4v) is 1.39. The Labute approximate surface area is 90.3 Å². The summed E-state index contributed by atoms with van der Waals surface area (Å²) in [6, 6.07) is 0. The van der Waals surface area contributed by atoms with Gasteiger partial charge in [0.15, 0.2) is 0 Å². The fourth-order valence-electron chi connectivity index (χ4n) is 1.39. The summed E-state index contributed by atoms with van der Waals surface area (Å²) in [5.74, 6) is 1.03. The third kappa shape index (κ3) is 3.83. The summed E-state index contributed by atoms with van der Waals surface area (Å²) in [4.78, 5) is 15.7. The predicted molar refractivity (Wildman–Crippen MR) is 57.7 cm³/mol. The van der Waals surface area contributed by atoms with Gasteiger partial charge in [0, 0.05) is 32.0 Å². The first-order chi connectivity index (χ1) is 7.27. The van der Waals surface area contributed by atoms with E-state index >= 15 is 0 Å². The molecule has 15 heavy (non-hydrogen) atoms. The summed E-state index contributed by atoms with van der Waals surface area (Å²) in [6.45, 7) is 6.00. The Bertz CT molecular complexity index is 307. The van der Waals surface area contributed by atoms with Crippen molar-refractivity contribution in [1.29, 1.82) is 0 Å². The van der Waals surface area contributed by atoms with Crippen molar-refractivity contribution < 1.29 is 9.53 Å². The molecule has 1 rings (SSSR count). The zero-order chi connectivity index (χ0) is 11.1. The van der Waals surface area contributed by atoms with Gasteiger partial charge in [0.1, 0.15) is 11.6 Å². The van der Waals surface area contributed by atoms with Crippen LogP contribution in [0.5, 0.6) is 0 Å². The van der Waals surface area contributed by atoms with Crippen LogP contribution in [0, 0.1) is 0 Å². The summed E-state index contributed by atoms with van der Waals surface area (Å²) in [6.07, 6.45) is 4.51. The largest absolute Gasteiger partial charge is 0.381 e. The first-order valence-electron chi connectivity index (χ1n) is 5.37. The number of ether oxygens (including phenoxy) is 1. The second kappa shape index (κ2) is 6.35. The lowest BCUT2D eigenvalue weighted by Crippen LogP contribution is -2.11. The number of Topliss-reactive ketones (excluding diaryl/α,β-unsaturated/α-hetero) is 1. The van der Waals surface area contributed by atoms with Crippen molar-refractivity contribution in [3.63, 3.8) is 0 Å². The highest BCUT2D eigenvalue weighted by Crippen LogP contribution is 2.01. The van der Waals surface area contributed by atoms with Crippen LogP contribution >= 0.6 is 0 Å². The number of nitrogens with zero attached hydrogens (tertiary/aromatic N) is 2. The molecule has 1 heterocycles. The minimum atomic E-state index is 0.185. The van der Waals surface area contributed by atoms with Gasteiger partial charge in [-0.25, -0.2) is 4.98 Å². The van der Waals surface area contributed by atoms with E-state index in [2.05, 4.69) is 4.98 Å². The average Bonchev–Trinajstić information content (AvgIpc) is 2.65. The van der Waals surface area contributed by atoms with Crippen molar-refractivity contribution in [1.82, 2.24) is 9.55 Å². The van der Waals surface area contributed by atoms with Crippen LogP contribution in [0.1, 0.15) is 26.1 Å². The van der Waals surface area contributed by atoms with Gasteiger partial charge in [0.25, 0.3) is 0 Å². The second-order valence-electron chi connectivity index (χ2n) is 3.29. The van der Waals surface area contributed by atoms with Crippen LogP contribution in [-0.2, 0) is 22.5 Å². The monoisotopic (exact) mass is 210 g/mol. The maximum atomic E-state index is 11.5. The number of ketones is 1. The molecule has 0 aliphatic carbocycles. The topological polar surface area (TPSA) is 44.1 Å². The Hall–Kier alpha value is -1.16. The molecule has 0 aromatic carbocycles. The SMILES string of the molecule is CCOCCC(=O)Cc1nccn1CC. The van der Waals surface area contributed by atoms with Crippen LogP contribution in [0.4, 0.5) is 0 Å². The van der Waals surface area contributed by atoms with Crippen molar-refractivity contribution in [2.45, 2.75) is 33.2 Å². The fraction of sp³-hybridized carbons (Fsp3) is 0.636. The Morgan fingerprint density at radius 2 is 2.33 bits per heavy atom. The first kappa shape index (κ1) is 11.9. The second-order valence-corrected chi connectivity index (χ2v) is 3.29. The summed E-state index contributed by atoms with van der Waals surface area (Å²) < 4.78 is 7.12. The molecule has 0 saturated heterocycles. The molecular formula is C11H18N2O2. The Morgan fingerprint density at radius 1 is 1.53 bits per heavy atom. The molecule has 0 aliphatic rings. The molecule has 0 bridgehead atoms. The van der Waals surface area contributed by atoms with Crippen molar-refractivity contribution >= 4 is 5.78 Å². The van der Waals surface area contributed by atoms with E-state index < -0.39 is 0 Å². The molecule has 4 heteroatoms. The summed E-state index contributed by atoms with van der Waals surface area (Å²) >= 11 is 0. The lowest BCUT2D eigenvalue weighted by Gasteiger charge is -2.04. The van der Waals surface area contributed by atoms with Gasteiger partial charge >= 0.3 is 0 Å². The minimum Gasteiger partial charge on any atom is -0.381 e. The van der Waals surface area contributed by atoms with Crippen LogP contribution in [0.2, 0.25) is 0 Å². The third-order valence-corrected chi connectivity index (χ3v) is 2.23. The number of aromatic nitrogens is 2. The standard InChI is InChI=1S/C11H18N2O2/c1-3-13-7-6-12-11(13)9-10(14)5-8-15-4-2/h6-7H,3-5,8-9H2,1-2H3. The minimum absolute atomic E-state index is 0.185. The Morgan fingerprint density at radius 3 is 3.00 bits per heavy atom. The molecule has 0 unspecified atom stereocenters. The van der Waals surface area contributed by atoms with E-state index in [0.29, 0.717) is 26.1 Å². The van der Waals surface area contributed by atoms with Gasteiger partial charge in [-0.2, -0.15) is 0 Å². The van der Waals surface area contributed by atoms with Crippen LogP contribution in [0.3, 0.4) is 0 Å². The summed E-state index contributed by atoms with van der Waals surface area (Å²) in [7, 11) is 0. The van der Waals surface area contributed by atoms with Crippen LogP contribution in [-0.4, -0.2) is 28.5 Å². The van der Waals surface area contributed by atoms with Crippen LogP contribution in [0.25, 0.3) is 0 Å². The maximum Gasteiger partial charge on any atom is 0.142 e. The molecule has 84 valence electrons. The molecule has 0 N–H and O–H groups in total. The number of imidazole rings is 1. The molecule has 0 saturated carbocycles. The number of aryl methyl sites for hydroxylation is 1. The number of carbonyl (C=O) groups is 1. The number of hydrogen-bond donors (Lipinski definition) is 0. The quantitative estimate of drug-likeness (QED) is 0.640. The van der Waals surface area contributed by atoms with E-state index in [1.165, 1.54) is 0 Å². The van der Waals surface area contributed by atoms with E-state index in [-0.39, 0.29) is 5.78 Å². The molecule has 0 radical (unpaired) electrons. The van der Waals surface area contributed by atoms with Gasteiger partial charge in [0.2, 0.25) is 0 Å². The molecule has 0 aliphatic heterocycles. The summed E-state index contributed by atoms with van der Waals surface area (Å²) in [5, 5.41) is 0. The number of rotatable bonds is 7. The lowest BCUT2D eigenvalue weighted by atomic mass is 10.2. The smallest absolute Gasteiger partial charge is 0.142 e. The van der Waals surface area contributed by atoms with E-state index in [4.69, 9.17) is 4.74 Å². The van der Waals surface area contributed by atoms with Gasteiger partial charge in [-0.1, -0.05) is 0 Å². The van der Waals surface area contributed by atoms with E-state index in [1.54, 1.807) is 6.20 Å². The lowest BCUT2D eigenvalue weighted by molar-refractivity contribution is -0.119. The molecule has 0 spiro atoms. The first-order valence-corrected chi connectivity index (χ1v) is 5.37. The predicted octanol–water partition coefficient (Wildman–Crippen LogP) is 1.44. The molecule has 0 amide bonds. The van der Waals surface area contributed by atoms with E-state index in [9.17, 15) is 4.79 Å². The Kier molecular flexibility index (Phi) is 5.04. The van der Waals surface area contributed by atoms with Gasteiger partial charge in [-0.15, -0.1) is 0 Å². The van der Waals surface area contributed by atoms with Gasteiger partial charge in [-0.3, -0.25) is 4.79 Å². The zero-order valence-electron chi connectivity index (χ0n) is 9.40. The normalized spacial score (nSPS) is 10.5. The molecule has 4 nitrogen and oxygen atoms in total. The summed E-state index contributed by atoms with van der Waals surface area (Å²) in [5.41, 5.74) is 0. The van der Waals surface area contributed by atoms with Crippen molar-refractivity contribution in [3.05, 3.63) is 18.2 Å². The highest BCUT2D eigenvalue weighted by atomic mass is 16.5. The molecule has 1 aromatic rings. The van der Waals surface area contributed by atoms with Crippen LogP contribution in [0.15, 0.2) is 12.4 Å². The number of carbonyl (C=O) groups excluding carboxylic acids is 1. The molecule has 1 aromatic heterocycles. The van der Waals surface area contributed by atoms with Crippen molar-refractivity contribution in [2.24, 2.45) is 0 Å². The van der Waals surface area contributed by atoms with Gasteiger partial charge in [0.05, 0.1) is 13.0 Å². The van der Waals surface area contributed by atoms with E-state index in [1.807, 2.05) is 24.6 Å². The highest BCUT2D eigenvalue weighted by Gasteiger charge is 2.07. The third-order valence-electron chi connectivity index (χ3n) is 2.23.